The first-order valence-electron chi connectivity index (χ1n) is 6.93. The number of anilines is 1. The summed E-state index contributed by atoms with van der Waals surface area (Å²) in [6.07, 6.45) is 3.32. The van der Waals surface area contributed by atoms with Crippen molar-refractivity contribution >= 4 is 11.4 Å². The second kappa shape index (κ2) is 6.56. The summed E-state index contributed by atoms with van der Waals surface area (Å²) in [6, 6.07) is 5.06. The zero-order valence-electron chi connectivity index (χ0n) is 11.7. The molecular weight excluding hydrogens is 258 g/mol. The molecule has 0 saturated carbocycles. The number of hydrogen-bond acceptors (Lipinski definition) is 5. The summed E-state index contributed by atoms with van der Waals surface area (Å²) in [6.45, 7) is 2.67. The van der Waals surface area contributed by atoms with Gasteiger partial charge in [0.1, 0.15) is 0 Å². The van der Waals surface area contributed by atoms with E-state index < -0.39 is 4.92 Å². The molecule has 2 rings (SSSR count). The molecule has 0 unspecified atom stereocenters. The highest BCUT2D eigenvalue weighted by atomic mass is 16.6. The van der Waals surface area contributed by atoms with Gasteiger partial charge in [0.2, 0.25) is 0 Å². The summed E-state index contributed by atoms with van der Waals surface area (Å²) in [7, 11) is 1.46. The molecule has 0 radical (unpaired) electrons. The van der Waals surface area contributed by atoms with Crippen molar-refractivity contribution in [3.05, 3.63) is 28.3 Å². The Balaban J connectivity index is 2.08. The minimum absolute atomic E-state index is 0.00858. The number of methoxy groups -OCH3 is 1. The number of nitrogens with two attached hydrogens (primary N) is 1. The van der Waals surface area contributed by atoms with Gasteiger partial charge in [-0.05, 0) is 37.8 Å². The Labute approximate surface area is 118 Å². The van der Waals surface area contributed by atoms with Gasteiger partial charge in [0, 0.05) is 30.9 Å². The molecule has 1 aliphatic heterocycles. The third-order valence-corrected chi connectivity index (χ3v) is 3.91. The van der Waals surface area contributed by atoms with Gasteiger partial charge in [0.15, 0.2) is 5.75 Å². The predicted octanol–water partition coefficient (Wildman–Crippen LogP) is 2.17. The van der Waals surface area contributed by atoms with Crippen LogP contribution >= 0.6 is 0 Å². The molecular formula is C14H21N3O3. The van der Waals surface area contributed by atoms with Crippen molar-refractivity contribution < 1.29 is 9.66 Å². The van der Waals surface area contributed by atoms with E-state index in [9.17, 15) is 10.1 Å². The maximum absolute atomic E-state index is 10.9. The van der Waals surface area contributed by atoms with Gasteiger partial charge in [-0.15, -0.1) is 0 Å². The minimum atomic E-state index is -0.421. The molecule has 0 amide bonds. The zero-order valence-corrected chi connectivity index (χ0v) is 11.7. The summed E-state index contributed by atoms with van der Waals surface area (Å²) in [5.74, 6) is 1.02. The Morgan fingerprint density at radius 1 is 1.45 bits per heavy atom. The number of hydrogen-bond donors (Lipinski definition) is 1. The van der Waals surface area contributed by atoms with Crippen LogP contribution in [0.3, 0.4) is 0 Å². The van der Waals surface area contributed by atoms with Crippen molar-refractivity contribution in [2.45, 2.75) is 19.3 Å². The lowest BCUT2D eigenvalue weighted by Gasteiger charge is -2.33. The molecule has 6 nitrogen and oxygen atoms in total. The van der Waals surface area contributed by atoms with Crippen molar-refractivity contribution in [1.29, 1.82) is 0 Å². The van der Waals surface area contributed by atoms with Gasteiger partial charge in [-0.2, -0.15) is 0 Å². The van der Waals surface area contributed by atoms with Crippen LogP contribution in [0.1, 0.15) is 19.3 Å². The van der Waals surface area contributed by atoms with E-state index in [0.717, 1.165) is 44.6 Å². The quantitative estimate of drug-likeness (QED) is 0.660. The molecule has 1 aliphatic rings. The van der Waals surface area contributed by atoms with Gasteiger partial charge in [0.25, 0.3) is 0 Å². The average Bonchev–Trinajstić information content (AvgIpc) is 2.47. The third kappa shape index (κ3) is 3.19. The summed E-state index contributed by atoms with van der Waals surface area (Å²) in [5.41, 5.74) is 6.59. The fourth-order valence-corrected chi connectivity index (χ4v) is 2.73. The minimum Gasteiger partial charge on any atom is -0.490 e. The van der Waals surface area contributed by atoms with E-state index in [-0.39, 0.29) is 5.69 Å². The molecule has 20 heavy (non-hydrogen) atoms. The number of nitro benzene ring substituents is 1. The largest absolute Gasteiger partial charge is 0.490 e. The van der Waals surface area contributed by atoms with Crippen LogP contribution in [0.25, 0.3) is 0 Å². The van der Waals surface area contributed by atoms with Crippen LogP contribution in [-0.4, -0.2) is 31.7 Å². The summed E-state index contributed by atoms with van der Waals surface area (Å²) >= 11 is 0. The van der Waals surface area contributed by atoms with Gasteiger partial charge >= 0.3 is 5.69 Å². The van der Waals surface area contributed by atoms with Crippen molar-refractivity contribution in [2.24, 2.45) is 11.7 Å². The molecule has 1 aromatic carbocycles. The maximum Gasteiger partial charge on any atom is 0.311 e. The monoisotopic (exact) mass is 279 g/mol. The van der Waals surface area contributed by atoms with E-state index in [2.05, 4.69) is 4.90 Å². The summed E-state index contributed by atoms with van der Waals surface area (Å²) in [5, 5.41) is 10.9. The fraction of sp³-hybridized carbons (Fsp3) is 0.571. The van der Waals surface area contributed by atoms with E-state index in [1.54, 1.807) is 12.1 Å². The molecule has 1 saturated heterocycles. The second-order valence-corrected chi connectivity index (χ2v) is 5.12. The Kier molecular flexibility index (Phi) is 4.79. The first-order chi connectivity index (χ1) is 9.65. The van der Waals surface area contributed by atoms with Gasteiger partial charge in [-0.1, -0.05) is 0 Å². The molecule has 0 bridgehead atoms. The molecule has 1 fully saturated rings. The van der Waals surface area contributed by atoms with Crippen LogP contribution in [0.5, 0.6) is 5.75 Å². The fourth-order valence-electron chi connectivity index (χ4n) is 2.73. The lowest BCUT2D eigenvalue weighted by Crippen LogP contribution is -2.34. The summed E-state index contributed by atoms with van der Waals surface area (Å²) in [4.78, 5) is 12.7. The number of nitrogens with zero attached hydrogens (tertiary/aromatic N) is 2. The number of ether oxygens (including phenoxy) is 1. The number of nitro groups is 1. The molecule has 0 atom stereocenters. The lowest BCUT2D eigenvalue weighted by atomic mass is 9.93. The van der Waals surface area contributed by atoms with Crippen LogP contribution in [0.4, 0.5) is 11.4 Å². The molecule has 6 heteroatoms. The van der Waals surface area contributed by atoms with Gasteiger partial charge in [-0.25, -0.2) is 0 Å². The normalized spacial score (nSPS) is 16.2. The first kappa shape index (κ1) is 14.6. The van der Waals surface area contributed by atoms with Crippen molar-refractivity contribution in [3.63, 3.8) is 0 Å². The summed E-state index contributed by atoms with van der Waals surface area (Å²) < 4.78 is 5.11. The topological polar surface area (TPSA) is 81.6 Å². The molecule has 1 aromatic rings. The Hall–Kier alpha value is -1.82. The van der Waals surface area contributed by atoms with Gasteiger partial charge in [-0.3, -0.25) is 10.1 Å². The molecule has 0 spiro atoms. The highest BCUT2D eigenvalue weighted by molar-refractivity contribution is 5.59. The first-order valence-corrected chi connectivity index (χ1v) is 6.93. The standard InChI is InChI=1S/C14H21N3O3/c1-20-14-10-12(2-3-13(14)17(18)19)16-8-5-11(4-7-15)6-9-16/h2-3,10-11H,4-9,15H2,1H3. The van der Waals surface area contributed by atoms with Crippen LogP contribution in [0.2, 0.25) is 0 Å². The van der Waals surface area contributed by atoms with E-state index in [4.69, 9.17) is 10.5 Å². The SMILES string of the molecule is COc1cc(N2CCC(CCN)CC2)ccc1[N+](=O)[O-]. The second-order valence-electron chi connectivity index (χ2n) is 5.12. The van der Waals surface area contributed by atoms with Crippen molar-refractivity contribution in [1.82, 2.24) is 0 Å². The molecule has 0 aromatic heterocycles. The van der Waals surface area contributed by atoms with E-state index in [0.29, 0.717) is 11.7 Å². The van der Waals surface area contributed by atoms with E-state index in [1.807, 2.05) is 0 Å². The van der Waals surface area contributed by atoms with Gasteiger partial charge in [0.05, 0.1) is 12.0 Å². The predicted molar refractivity (Wildman–Crippen MR) is 78.3 cm³/mol. The van der Waals surface area contributed by atoms with Crippen molar-refractivity contribution in [2.75, 3.05) is 31.6 Å². The number of benzene rings is 1. The van der Waals surface area contributed by atoms with Crippen molar-refractivity contribution in [3.8, 4) is 5.75 Å². The van der Waals surface area contributed by atoms with Crippen LogP contribution in [-0.2, 0) is 0 Å². The Bertz CT molecular complexity index is 471. The molecule has 2 N–H and O–H groups in total. The van der Waals surface area contributed by atoms with Crippen LogP contribution < -0.4 is 15.4 Å². The van der Waals surface area contributed by atoms with Gasteiger partial charge < -0.3 is 15.4 Å². The maximum atomic E-state index is 10.9. The number of rotatable bonds is 5. The highest BCUT2D eigenvalue weighted by Crippen LogP contribution is 2.33. The third-order valence-electron chi connectivity index (χ3n) is 3.91. The van der Waals surface area contributed by atoms with E-state index >= 15 is 0 Å². The molecule has 110 valence electrons. The Morgan fingerprint density at radius 3 is 2.70 bits per heavy atom. The zero-order chi connectivity index (χ0) is 14.5. The highest BCUT2D eigenvalue weighted by Gasteiger charge is 2.21. The average molecular weight is 279 g/mol. The molecule has 0 aliphatic carbocycles. The smallest absolute Gasteiger partial charge is 0.311 e. The number of piperidine rings is 1. The van der Waals surface area contributed by atoms with E-state index in [1.165, 1.54) is 13.2 Å². The van der Waals surface area contributed by atoms with Crippen LogP contribution in [0, 0.1) is 16.0 Å². The Morgan fingerprint density at radius 2 is 2.15 bits per heavy atom. The lowest BCUT2D eigenvalue weighted by molar-refractivity contribution is -0.385. The molecule has 1 heterocycles. The van der Waals surface area contributed by atoms with Crippen LogP contribution in [0.15, 0.2) is 18.2 Å².